The van der Waals surface area contributed by atoms with Crippen LogP contribution in [0.15, 0.2) is 53.4 Å². The minimum Gasteiger partial charge on any atom is -0.218 e. The highest BCUT2D eigenvalue weighted by atomic mass is 32.2. The lowest BCUT2D eigenvalue weighted by atomic mass is 10.1. The monoisotopic (exact) mass is 422 g/mol. The Hall–Kier alpha value is -1.95. The van der Waals surface area contributed by atoms with E-state index < -0.39 is 36.7 Å². The minimum absolute atomic E-state index is 0.202. The van der Waals surface area contributed by atoms with Crippen molar-refractivity contribution in [3.05, 3.63) is 65.2 Å². The van der Waals surface area contributed by atoms with Crippen molar-refractivity contribution in [3.63, 3.8) is 0 Å². The lowest BCUT2D eigenvalue weighted by molar-refractivity contribution is -0.137. The van der Waals surface area contributed by atoms with Gasteiger partial charge in [0.15, 0.2) is 0 Å². The second-order valence-electron chi connectivity index (χ2n) is 5.63. The van der Waals surface area contributed by atoms with Crippen LogP contribution in [0, 0.1) is 0 Å². The molecule has 0 atom stereocenters. The summed E-state index contributed by atoms with van der Waals surface area (Å²) in [7, 11) is -6.38. The van der Waals surface area contributed by atoms with Gasteiger partial charge in [0.05, 0.1) is 16.2 Å². The Balaban J connectivity index is 2.16. The van der Waals surface area contributed by atoms with Crippen LogP contribution in [-0.4, -0.2) is 23.9 Å². The molecule has 0 saturated carbocycles. The van der Waals surface area contributed by atoms with Crippen LogP contribution < -0.4 is 9.44 Å². The zero-order chi connectivity index (χ0) is 20.3. The van der Waals surface area contributed by atoms with E-state index >= 15 is 0 Å². The topological polar surface area (TPSA) is 92.3 Å². The first-order chi connectivity index (χ1) is 12.4. The molecule has 0 bridgehead atoms. The van der Waals surface area contributed by atoms with E-state index in [1.807, 2.05) is 0 Å². The second kappa shape index (κ2) is 7.97. The van der Waals surface area contributed by atoms with E-state index in [1.165, 1.54) is 13.1 Å². The predicted molar refractivity (Wildman–Crippen MR) is 93.6 cm³/mol. The van der Waals surface area contributed by atoms with Gasteiger partial charge in [0, 0.05) is 6.54 Å². The van der Waals surface area contributed by atoms with Crippen molar-refractivity contribution in [1.29, 1.82) is 0 Å². The molecule has 0 aliphatic carbocycles. The summed E-state index contributed by atoms with van der Waals surface area (Å²) in [5.74, 6) is -0.280. The minimum atomic E-state index is -4.65. The summed E-state index contributed by atoms with van der Waals surface area (Å²) in [5.41, 5.74) is -0.154. The van der Waals surface area contributed by atoms with Gasteiger partial charge in [0.1, 0.15) is 0 Å². The van der Waals surface area contributed by atoms with Crippen LogP contribution in [0.4, 0.5) is 13.2 Å². The van der Waals surface area contributed by atoms with E-state index in [2.05, 4.69) is 9.44 Å². The molecule has 0 heterocycles. The summed E-state index contributed by atoms with van der Waals surface area (Å²) in [6.45, 7) is -0.202. The van der Waals surface area contributed by atoms with Crippen molar-refractivity contribution >= 4 is 20.0 Å². The van der Waals surface area contributed by atoms with Gasteiger partial charge >= 0.3 is 6.18 Å². The smallest absolute Gasteiger partial charge is 0.218 e. The zero-order valence-electron chi connectivity index (χ0n) is 14.1. The molecule has 0 aliphatic rings. The number of nitrogens with one attached hydrogen (secondary N) is 2. The van der Waals surface area contributed by atoms with Crippen LogP contribution in [0.1, 0.15) is 16.7 Å². The third kappa shape index (κ3) is 6.03. The van der Waals surface area contributed by atoms with Gasteiger partial charge in [-0.1, -0.05) is 30.3 Å². The molecule has 148 valence electrons. The Morgan fingerprint density at radius 1 is 0.926 bits per heavy atom. The van der Waals surface area contributed by atoms with Crippen LogP contribution in [0.25, 0.3) is 0 Å². The molecule has 2 aromatic carbocycles. The second-order valence-corrected chi connectivity index (χ2v) is 9.33. The molecule has 0 radical (unpaired) electrons. The fourth-order valence-corrected chi connectivity index (χ4v) is 4.05. The average molecular weight is 422 g/mol. The molecule has 6 nitrogen and oxygen atoms in total. The summed E-state index contributed by atoms with van der Waals surface area (Å²) < 4.78 is 90.3. The Labute approximate surface area is 155 Å². The number of hydrogen-bond donors (Lipinski definition) is 2. The standard InChI is InChI=1S/C16H17F3N2O4S2/c1-20-26(22,23)11-13-5-2-4-12(8-13)10-21-27(24,25)15-7-3-6-14(9-15)16(17,18)19/h2-9,20-21H,10-11H2,1H3. The molecule has 0 aromatic heterocycles. The summed E-state index contributed by atoms with van der Waals surface area (Å²) in [6.07, 6.45) is -4.65. The molecule has 0 fully saturated rings. The third-order valence-electron chi connectivity index (χ3n) is 3.60. The van der Waals surface area contributed by atoms with Crippen LogP contribution in [0.5, 0.6) is 0 Å². The number of benzene rings is 2. The van der Waals surface area contributed by atoms with Gasteiger partial charge in [-0.2, -0.15) is 13.2 Å². The fourth-order valence-electron chi connectivity index (χ4n) is 2.22. The number of sulfonamides is 2. The molecule has 0 unspecified atom stereocenters. The quantitative estimate of drug-likeness (QED) is 0.716. The van der Waals surface area contributed by atoms with Crippen molar-refractivity contribution in [1.82, 2.24) is 9.44 Å². The highest BCUT2D eigenvalue weighted by molar-refractivity contribution is 7.89. The van der Waals surface area contributed by atoms with E-state index in [4.69, 9.17) is 0 Å². The molecular formula is C16H17F3N2O4S2. The van der Waals surface area contributed by atoms with Gasteiger partial charge in [-0.25, -0.2) is 26.3 Å². The van der Waals surface area contributed by atoms with Gasteiger partial charge in [0.2, 0.25) is 20.0 Å². The summed E-state index contributed by atoms with van der Waals surface area (Å²) >= 11 is 0. The van der Waals surface area contributed by atoms with E-state index in [1.54, 1.807) is 18.2 Å². The Kier molecular flexibility index (Phi) is 6.30. The highest BCUT2D eigenvalue weighted by Crippen LogP contribution is 2.30. The maximum absolute atomic E-state index is 12.7. The summed E-state index contributed by atoms with van der Waals surface area (Å²) in [4.78, 5) is -0.508. The number of halogens is 3. The van der Waals surface area contributed by atoms with Crippen molar-refractivity contribution in [2.45, 2.75) is 23.4 Å². The van der Waals surface area contributed by atoms with Gasteiger partial charge in [0.25, 0.3) is 0 Å². The van der Waals surface area contributed by atoms with Gasteiger partial charge < -0.3 is 0 Å². The van der Waals surface area contributed by atoms with Gasteiger partial charge in [-0.15, -0.1) is 0 Å². The zero-order valence-corrected chi connectivity index (χ0v) is 15.7. The van der Waals surface area contributed by atoms with Crippen molar-refractivity contribution in [2.24, 2.45) is 0 Å². The molecule has 0 amide bonds. The summed E-state index contributed by atoms with van der Waals surface area (Å²) in [6, 6.07) is 9.62. The first-order valence-corrected chi connectivity index (χ1v) is 10.7. The number of rotatable bonds is 7. The largest absolute Gasteiger partial charge is 0.416 e. The normalized spacial score (nSPS) is 12.9. The van der Waals surface area contributed by atoms with Crippen molar-refractivity contribution in [3.8, 4) is 0 Å². The number of alkyl halides is 3. The van der Waals surface area contributed by atoms with Crippen LogP contribution in [0.2, 0.25) is 0 Å². The third-order valence-corrected chi connectivity index (χ3v) is 6.33. The fraction of sp³-hybridized carbons (Fsp3) is 0.250. The lowest BCUT2D eigenvalue weighted by Gasteiger charge is -2.11. The first-order valence-electron chi connectivity index (χ1n) is 7.59. The van der Waals surface area contributed by atoms with E-state index in [9.17, 15) is 30.0 Å². The van der Waals surface area contributed by atoms with Crippen LogP contribution in [-0.2, 0) is 38.5 Å². The lowest BCUT2D eigenvalue weighted by Crippen LogP contribution is -2.24. The highest BCUT2D eigenvalue weighted by Gasteiger charge is 2.31. The van der Waals surface area contributed by atoms with E-state index in [-0.39, 0.29) is 12.3 Å². The Morgan fingerprint density at radius 2 is 1.56 bits per heavy atom. The maximum Gasteiger partial charge on any atom is 0.416 e. The molecule has 2 aromatic rings. The Bertz CT molecular complexity index is 1020. The molecular weight excluding hydrogens is 405 g/mol. The molecule has 27 heavy (non-hydrogen) atoms. The summed E-state index contributed by atoms with van der Waals surface area (Å²) in [5, 5.41) is 0. The van der Waals surface area contributed by atoms with E-state index in [0.29, 0.717) is 17.2 Å². The molecule has 0 spiro atoms. The van der Waals surface area contributed by atoms with Gasteiger partial charge in [-0.05, 0) is 36.4 Å². The first kappa shape index (κ1) is 21.4. The molecule has 0 aliphatic heterocycles. The van der Waals surface area contributed by atoms with Crippen molar-refractivity contribution in [2.75, 3.05) is 7.05 Å². The van der Waals surface area contributed by atoms with Crippen molar-refractivity contribution < 1.29 is 30.0 Å². The van der Waals surface area contributed by atoms with Gasteiger partial charge in [-0.3, -0.25) is 0 Å². The SMILES string of the molecule is CNS(=O)(=O)Cc1cccc(CNS(=O)(=O)c2cccc(C(F)(F)F)c2)c1. The molecule has 2 rings (SSSR count). The van der Waals surface area contributed by atoms with Crippen LogP contribution in [0.3, 0.4) is 0 Å². The number of hydrogen-bond acceptors (Lipinski definition) is 4. The van der Waals surface area contributed by atoms with Crippen LogP contribution >= 0.6 is 0 Å². The maximum atomic E-state index is 12.7. The molecule has 11 heteroatoms. The Morgan fingerprint density at radius 3 is 2.19 bits per heavy atom. The molecule has 0 saturated heterocycles. The predicted octanol–water partition coefficient (Wildman–Crippen LogP) is 2.23. The van der Waals surface area contributed by atoms with E-state index in [0.717, 1.165) is 18.2 Å². The molecule has 2 N–H and O–H groups in total. The average Bonchev–Trinajstić information content (AvgIpc) is 2.59.